The van der Waals surface area contributed by atoms with E-state index in [1.807, 2.05) is 6.07 Å². The van der Waals surface area contributed by atoms with Gasteiger partial charge in [-0.1, -0.05) is 41.6 Å². The minimum Gasteiger partial charge on any atom is -0.369 e. The van der Waals surface area contributed by atoms with Gasteiger partial charge in [0.05, 0.1) is 21.8 Å². The van der Waals surface area contributed by atoms with Crippen LogP contribution in [-0.2, 0) is 4.79 Å². The molecule has 0 unspecified atom stereocenters. The number of fused-ring (bicyclic) bond motifs is 1. The fourth-order valence-corrected chi connectivity index (χ4v) is 3.31. The van der Waals surface area contributed by atoms with Gasteiger partial charge in [-0.25, -0.2) is 4.98 Å². The predicted molar refractivity (Wildman–Crippen MR) is 96.9 cm³/mol. The molecule has 7 heteroatoms. The maximum atomic E-state index is 13.0. The van der Waals surface area contributed by atoms with Crippen LogP contribution in [0.5, 0.6) is 0 Å². The van der Waals surface area contributed by atoms with Crippen molar-refractivity contribution < 1.29 is 4.79 Å². The van der Waals surface area contributed by atoms with Crippen LogP contribution in [0.2, 0.25) is 5.02 Å². The number of halogens is 1. The molecule has 0 radical (unpaired) electrons. The molecular weight excluding hydrogens is 346 g/mol. The van der Waals surface area contributed by atoms with Crippen LogP contribution in [0.15, 0.2) is 58.5 Å². The third-order valence-corrected chi connectivity index (χ3v) is 4.80. The number of nitrogens with zero attached hydrogens (tertiary/aromatic N) is 2. The lowest BCUT2D eigenvalue weighted by Gasteiger charge is -2.15. The van der Waals surface area contributed by atoms with E-state index in [4.69, 9.17) is 17.3 Å². The van der Waals surface area contributed by atoms with E-state index in [2.05, 4.69) is 4.98 Å². The van der Waals surface area contributed by atoms with E-state index >= 15 is 0 Å². The highest BCUT2D eigenvalue weighted by atomic mass is 35.5. The summed E-state index contributed by atoms with van der Waals surface area (Å²) in [6, 6.07) is 14.0. The number of nitrogens with two attached hydrogens (primary N) is 1. The Morgan fingerprint density at radius 1 is 1.25 bits per heavy atom. The summed E-state index contributed by atoms with van der Waals surface area (Å²) in [5.74, 6) is -0.472. The molecule has 1 heterocycles. The number of thioether (sulfide) groups is 1. The Bertz CT molecular complexity index is 987. The van der Waals surface area contributed by atoms with Crippen molar-refractivity contribution in [1.29, 1.82) is 0 Å². The molecule has 2 N–H and O–H groups in total. The largest absolute Gasteiger partial charge is 0.369 e. The van der Waals surface area contributed by atoms with E-state index in [1.54, 1.807) is 49.4 Å². The molecule has 1 atom stereocenters. The molecule has 3 aromatic rings. The second kappa shape index (κ2) is 6.67. The Morgan fingerprint density at radius 2 is 2.00 bits per heavy atom. The average molecular weight is 360 g/mol. The third-order valence-electron chi connectivity index (χ3n) is 3.49. The van der Waals surface area contributed by atoms with Gasteiger partial charge in [0.15, 0.2) is 5.16 Å². The van der Waals surface area contributed by atoms with Crippen LogP contribution in [0.25, 0.3) is 16.6 Å². The van der Waals surface area contributed by atoms with Crippen LogP contribution in [-0.4, -0.2) is 20.7 Å². The number of hydrogen-bond donors (Lipinski definition) is 1. The SMILES string of the molecule is C[C@@H](Sc1nc2ccccc2c(=O)n1-c1cccc(Cl)c1)C(N)=O. The van der Waals surface area contributed by atoms with Crippen molar-refractivity contribution in [1.82, 2.24) is 9.55 Å². The number of benzene rings is 2. The highest BCUT2D eigenvalue weighted by molar-refractivity contribution is 8.00. The molecule has 24 heavy (non-hydrogen) atoms. The number of carbonyl (C=O) groups excluding carboxylic acids is 1. The molecule has 0 bridgehead atoms. The van der Waals surface area contributed by atoms with E-state index in [-0.39, 0.29) is 5.56 Å². The fourth-order valence-electron chi connectivity index (χ4n) is 2.25. The van der Waals surface area contributed by atoms with E-state index < -0.39 is 11.2 Å². The van der Waals surface area contributed by atoms with Crippen molar-refractivity contribution >= 4 is 40.2 Å². The van der Waals surface area contributed by atoms with Gasteiger partial charge in [0.25, 0.3) is 5.56 Å². The molecule has 0 fully saturated rings. The molecule has 2 aromatic carbocycles. The summed E-state index contributed by atoms with van der Waals surface area (Å²) in [4.78, 5) is 28.9. The van der Waals surface area contributed by atoms with Crippen LogP contribution < -0.4 is 11.3 Å². The number of primary amides is 1. The number of amides is 1. The molecule has 0 aliphatic carbocycles. The number of aromatic nitrogens is 2. The Morgan fingerprint density at radius 3 is 2.71 bits per heavy atom. The normalized spacial score (nSPS) is 12.2. The first-order valence-corrected chi connectivity index (χ1v) is 8.47. The van der Waals surface area contributed by atoms with Crippen LogP contribution in [0, 0.1) is 0 Å². The first-order valence-electron chi connectivity index (χ1n) is 7.21. The zero-order chi connectivity index (χ0) is 17.3. The molecule has 0 aliphatic heterocycles. The van der Waals surface area contributed by atoms with Crippen LogP contribution in [0.1, 0.15) is 6.92 Å². The number of rotatable bonds is 4. The third kappa shape index (κ3) is 3.16. The number of carbonyl (C=O) groups is 1. The van der Waals surface area contributed by atoms with Gasteiger partial charge >= 0.3 is 0 Å². The lowest BCUT2D eigenvalue weighted by Crippen LogP contribution is -2.26. The molecule has 0 spiro atoms. The van der Waals surface area contributed by atoms with Gasteiger partial charge < -0.3 is 5.73 Å². The molecule has 3 rings (SSSR count). The molecular formula is C17H14ClN3O2S. The van der Waals surface area contributed by atoms with Crippen LogP contribution >= 0.6 is 23.4 Å². The monoisotopic (exact) mass is 359 g/mol. The van der Waals surface area contributed by atoms with Crippen LogP contribution in [0.4, 0.5) is 0 Å². The van der Waals surface area contributed by atoms with Crippen molar-refractivity contribution in [2.24, 2.45) is 5.73 Å². The van der Waals surface area contributed by atoms with Gasteiger partial charge in [-0.05, 0) is 37.3 Å². The van der Waals surface area contributed by atoms with Gasteiger partial charge in [-0.15, -0.1) is 0 Å². The van der Waals surface area contributed by atoms with Crippen molar-refractivity contribution in [2.75, 3.05) is 0 Å². The Balaban J connectivity index is 2.29. The second-order valence-corrected chi connectivity index (χ2v) is 6.94. The minimum absolute atomic E-state index is 0.220. The van der Waals surface area contributed by atoms with Crippen molar-refractivity contribution in [3.8, 4) is 5.69 Å². The van der Waals surface area contributed by atoms with Crippen LogP contribution in [0.3, 0.4) is 0 Å². The molecule has 0 saturated heterocycles. The Labute approximate surface area is 147 Å². The molecule has 1 amide bonds. The maximum Gasteiger partial charge on any atom is 0.266 e. The van der Waals surface area contributed by atoms with Gasteiger partial charge in [-0.3, -0.25) is 14.2 Å². The summed E-state index contributed by atoms with van der Waals surface area (Å²) in [6.45, 7) is 1.68. The van der Waals surface area contributed by atoms with Crippen molar-refractivity contribution in [3.63, 3.8) is 0 Å². The smallest absolute Gasteiger partial charge is 0.266 e. The first kappa shape index (κ1) is 16.5. The molecule has 1 aromatic heterocycles. The average Bonchev–Trinajstić information content (AvgIpc) is 2.55. The van der Waals surface area contributed by atoms with Gasteiger partial charge in [-0.2, -0.15) is 0 Å². The summed E-state index contributed by atoms with van der Waals surface area (Å²) in [7, 11) is 0. The zero-order valence-corrected chi connectivity index (χ0v) is 14.3. The van der Waals surface area contributed by atoms with Gasteiger partial charge in [0.1, 0.15) is 0 Å². The minimum atomic E-state index is -0.525. The molecule has 5 nitrogen and oxygen atoms in total. The summed E-state index contributed by atoms with van der Waals surface area (Å²) in [6.07, 6.45) is 0. The number of hydrogen-bond acceptors (Lipinski definition) is 4. The van der Waals surface area contributed by atoms with Gasteiger partial charge in [0, 0.05) is 5.02 Å². The number of para-hydroxylation sites is 1. The van der Waals surface area contributed by atoms with E-state index in [0.29, 0.717) is 26.8 Å². The summed E-state index contributed by atoms with van der Waals surface area (Å²) >= 11 is 7.20. The summed E-state index contributed by atoms with van der Waals surface area (Å²) < 4.78 is 1.46. The molecule has 0 saturated carbocycles. The summed E-state index contributed by atoms with van der Waals surface area (Å²) in [5.41, 5.74) is 6.29. The Kier molecular flexibility index (Phi) is 4.59. The zero-order valence-electron chi connectivity index (χ0n) is 12.8. The van der Waals surface area contributed by atoms with Gasteiger partial charge in [0.2, 0.25) is 5.91 Å². The summed E-state index contributed by atoms with van der Waals surface area (Å²) in [5, 5.41) is 0.871. The van der Waals surface area contributed by atoms with E-state index in [1.165, 1.54) is 4.57 Å². The standard InChI is InChI=1S/C17H14ClN3O2S/c1-10(15(19)22)24-17-20-14-8-3-2-7-13(14)16(23)21(17)12-6-4-5-11(18)9-12/h2-10H,1H3,(H2,19,22)/t10-/m1/s1. The molecule has 122 valence electrons. The lowest BCUT2D eigenvalue weighted by molar-refractivity contribution is -0.117. The highest BCUT2D eigenvalue weighted by Crippen LogP contribution is 2.25. The lowest BCUT2D eigenvalue weighted by atomic mass is 10.2. The van der Waals surface area contributed by atoms with Crippen molar-refractivity contribution in [2.45, 2.75) is 17.3 Å². The molecule has 0 aliphatic rings. The fraction of sp³-hybridized carbons (Fsp3) is 0.118. The van der Waals surface area contributed by atoms with E-state index in [0.717, 1.165) is 11.8 Å². The van der Waals surface area contributed by atoms with Crippen molar-refractivity contribution in [3.05, 3.63) is 63.9 Å². The predicted octanol–water partition coefficient (Wildman–Crippen LogP) is 3.01. The topological polar surface area (TPSA) is 78.0 Å². The second-order valence-electron chi connectivity index (χ2n) is 5.19. The quantitative estimate of drug-likeness (QED) is 0.573. The first-order chi connectivity index (χ1) is 11.5. The highest BCUT2D eigenvalue weighted by Gasteiger charge is 2.18. The maximum absolute atomic E-state index is 13.0. The van der Waals surface area contributed by atoms with E-state index in [9.17, 15) is 9.59 Å². The Hall–Kier alpha value is -2.31.